The molecule has 212 valence electrons. The van der Waals surface area contributed by atoms with Crippen molar-refractivity contribution in [2.45, 2.75) is 45.9 Å². The largest absolute Gasteiger partial charge is 0.464 e. The van der Waals surface area contributed by atoms with Crippen molar-refractivity contribution in [3.8, 4) is 11.7 Å². The van der Waals surface area contributed by atoms with Gasteiger partial charge in [-0.25, -0.2) is 9.18 Å². The highest BCUT2D eigenvalue weighted by Crippen LogP contribution is 2.30. The molecule has 0 aliphatic carbocycles. The molecule has 4 aromatic rings. The van der Waals surface area contributed by atoms with Crippen LogP contribution < -0.4 is 15.7 Å². The van der Waals surface area contributed by atoms with Gasteiger partial charge in [-0.2, -0.15) is 27.2 Å². The Balaban J connectivity index is 1.70. The Kier molecular flexibility index (Phi) is 9.00. The van der Waals surface area contributed by atoms with Gasteiger partial charge in [0.25, 0.3) is 5.91 Å². The molecule has 0 bridgehead atoms. The van der Waals surface area contributed by atoms with Crippen molar-refractivity contribution < 1.29 is 31.8 Å². The molecule has 1 N–H and O–H groups in total. The molecular formula is C24H21BrF4N6O4S. The molecule has 16 heteroatoms. The van der Waals surface area contributed by atoms with Gasteiger partial charge < -0.3 is 14.8 Å². The van der Waals surface area contributed by atoms with E-state index in [2.05, 4.69) is 35.7 Å². The summed E-state index contributed by atoms with van der Waals surface area (Å²) >= 11 is 4.17. The molecule has 10 nitrogen and oxygen atoms in total. The number of amides is 1. The molecule has 1 atom stereocenters. The predicted octanol–water partition coefficient (Wildman–Crippen LogP) is 5.11. The third kappa shape index (κ3) is 6.56. The van der Waals surface area contributed by atoms with Crippen molar-refractivity contribution in [1.82, 2.24) is 23.7 Å². The third-order valence-electron chi connectivity index (χ3n) is 5.49. The number of carbonyl (C=O) groups excluding carboxylic acids is 1. The molecule has 0 aliphatic rings. The van der Waals surface area contributed by atoms with Crippen molar-refractivity contribution in [3.05, 3.63) is 79.6 Å². The summed E-state index contributed by atoms with van der Waals surface area (Å²) in [5, 5.41) is 6.51. The fraction of sp³-hybridized carbons (Fsp3) is 0.292. The number of benzene rings is 1. The van der Waals surface area contributed by atoms with E-state index in [9.17, 15) is 22.8 Å². The number of pyridine rings is 1. The van der Waals surface area contributed by atoms with Crippen LogP contribution in [-0.4, -0.2) is 41.9 Å². The van der Waals surface area contributed by atoms with Gasteiger partial charge in [0, 0.05) is 6.54 Å². The van der Waals surface area contributed by atoms with E-state index in [1.54, 1.807) is 6.92 Å². The minimum absolute atomic E-state index is 0.120. The standard InChI is InChI=1S/C24H21BrF4N6O4S/c1-3-34-18(12-38-11-14-7-5-4-6-8-14)33-35(23(34)37)20-16(26)9-15(21(36)31-17-10-30-40-19(17)25)22(32-20)39-13(2)24(27,28)29/h4-10,13H,3,11-12H2,1-2H3,(H,31,36). The SMILES string of the molecule is CCn1c(COCc2ccccc2)nn(-c2nc(OC(C)C(F)(F)F)c(C(=O)Nc3cnsc3Br)cc2F)c1=O. The molecule has 1 aromatic carbocycles. The van der Waals surface area contributed by atoms with E-state index in [0.717, 1.165) is 17.1 Å². The van der Waals surface area contributed by atoms with Crippen LogP contribution in [0.15, 0.2) is 51.2 Å². The second kappa shape index (κ2) is 12.3. The van der Waals surface area contributed by atoms with Gasteiger partial charge in [-0.1, -0.05) is 30.3 Å². The summed E-state index contributed by atoms with van der Waals surface area (Å²) in [5.74, 6) is -3.67. The highest BCUT2D eigenvalue weighted by Gasteiger charge is 2.39. The van der Waals surface area contributed by atoms with E-state index in [-0.39, 0.29) is 31.3 Å². The molecule has 40 heavy (non-hydrogen) atoms. The monoisotopic (exact) mass is 644 g/mol. The Labute approximate surface area is 236 Å². The summed E-state index contributed by atoms with van der Waals surface area (Å²) in [7, 11) is 0. The molecule has 0 radical (unpaired) electrons. The van der Waals surface area contributed by atoms with Crippen molar-refractivity contribution >= 4 is 39.1 Å². The topological polar surface area (TPSA) is 113 Å². The van der Waals surface area contributed by atoms with Crippen LogP contribution in [-0.2, 0) is 24.5 Å². The number of ether oxygens (including phenoxy) is 2. The Morgan fingerprint density at radius 1 is 1.23 bits per heavy atom. The number of nitrogens with zero attached hydrogens (tertiary/aromatic N) is 5. The van der Waals surface area contributed by atoms with Gasteiger partial charge in [-0.05, 0) is 52.9 Å². The Morgan fingerprint density at radius 2 is 1.95 bits per heavy atom. The van der Waals surface area contributed by atoms with Gasteiger partial charge in [0.1, 0.15) is 16.0 Å². The van der Waals surface area contributed by atoms with E-state index in [4.69, 9.17) is 9.47 Å². The fourth-order valence-electron chi connectivity index (χ4n) is 3.43. The van der Waals surface area contributed by atoms with Crippen LogP contribution in [0, 0.1) is 5.82 Å². The minimum atomic E-state index is -4.83. The summed E-state index contributed by atoms with van der Waals surface area (Å²) in [6, 6.07) is 9.85. The lowest BCUT2D eigenvalue weighted by molar-refractivity contribution is -0.190. The van der Waals surface area contributed by atoms with E-state index in [1.165, 1.54) is 10.8 Å². The lowest BCUT2D eigenvalue weighted by Gasteiger charge is -2.19. The van der Waals surface area contributed by atoms with Crippen LogP contribution in [0.4, 0.5) is 23.2 Å². The minimum Gasteiger partial charge on any atom is -0.464 e. The zero-order chi connectivity index (χ0) is 29.0. The summed E-state index contributed by atoms with van der Waals surface area (Å²) < 4.78 is 71.9. The number of nitrogens with one attached hydrogen (secondary N) is 1. The highest BCUT2D eigenvalue weighted by atomic mass is 79.9. The molecule has 0 saturated carbocycles. The first kappa shape index (κ1) is 29.4. The van der Waals surface area contributed by atoms with Crippen molar-refractivity contribution in [3.63, 3.8) is 0 Å². The molecule has 1 amide bonds. The summed E-state index contributed by atoms with van der Waals surface area (Å²) in [4.78, 5) is 29.8. The lowest BCUT2D eigenvalue weighted by Crippen LogP contribution is -2.33. The van der Waals surface area contributed by atoms with Gasteiger partial charge in [-0.3, -0.25) is 9.36 Å². The van der Waals surface area contributed by atoms with Crippen LogP contribution in [0.1, 0.15) is 35.6 Å². The highest BCUT2D eigenvalue weighted by molar-refractivity contribution is 9.11. The molecular weight excluding hydrogens is 624 g/mol. The van der Waals surface area contributed by atoms with Gasteiger partial charge in [0.15, 0.2) is 23.6 Å². The van der Waals surface area contributed by atoms with Crippen LogP contribution >= 0.6 is 27.5 Å². The molecule has 0 spiro atoms. The first-order valence-electron chi connectivity index (χ1n) is 11.7. The molecule has 0 fully saturated rings. The molecule has 3 heterocycles. The second-order valence-electron chi connectivity index (χ2n) is 8.25. The molecule has 4 rings (SSSR count). The van der Waals surface area contributed by atoms with Crippen molar-refractivity contribution in [2.75, 3.05) is 5.32 Å². The zero-order valence-corrected chi connectivity index (χ0v) is 23.3. The summed E-state index contributed by atoms with van der Waals surface area (Å²) in [6.45, 7) is 2.59. The number of anilines is 1. The lowest BCUT2D eigenvalue weighted by atomic mass is 10.2. The maximum absolute atomic E-state index is 15.3. The Morgan fingerprint density at radius 3 is 2.58 bits per heavy atom. The van der Waals surface area contributed by atoms with Gasteiger partial charge in [-0.15, -0.1) is 5.10 Å². The zero-order valence-electron chi connectivity index (χ0n) is 20.9. The third-order valence-corrected chi connectivity index (χ3v) is 6.94. The molecule has 0 saturated heterocycles. The van der Waals surface area contributed by atoms with Crippen LogP contribution in [0.2, 0.25) is 0 Å². The average Bonchev–Trinajstić information content (AvgIpc) is 3.46. The van der Waals surface area contributed by atoms with Crippen LogP contribution in [0.25, 0.3) is 5.82 Å². The average molecular weight is 645 g/mol. The van der Waals surface area contributed by atoms with E-state index < -0.39 is 47.0 Å². The first-order chi connectivity index (χ1) is 19.0. The van der Waals surface area contributed by atoms with Crippen LogP contribution in [0.3, 0.4) is 0 Å². The molecule has 1 unspecified atom stereocenters. The van der Waals surface area contributed by atoms with Crippen LogP contribution in [0.5, 0.6) is 5.88 Å². The number of carbonyl (C=O) groups is 1. The quantitative estimate of drug-likeness (QED) is 0.239. The predicted molar refractivity (Wildman–Crippen MR) is 140 cm³/mol. The summed E-state index contributed by atoms with van der Waals surface area (Å²) in [6.07, 6.45) is -5.94. The van der Waals surface area contributed by atoms with Crippen molar-refractivity contribution in [2.24, 2.45) is 0 Å². The normalized spacial score (nSPS) is 12.4. The maximum atomic E-state index is 15.3. The Hall–Kier alpha value is -3.63. The van der Waals surface area contributed by atoms with E-state index in [0.29, 0.717) is 21.5 Å². The molecule has 0 aliphatic heterocycles. The second-order valence-corrected chi connectivity index (χ2v) is 10.4. The van der Waals surface area contributed by atoms with Crippen molar-refractivity contribution in [1.29, 1.82) is 0 Å². The first-order valence-corrected chi connectivity index (χ1v) is 13.2. The number of halogens is 5. The fourth-order valence-corrected chi connectivity index (χ4v) is 4.33. The maximum Gasteiger partial charge on any atom is 0.425 e. The van der Waals surface area contributed by atoms with Gasteiger partial charge in [0.05, 0.1) is 18.5 Å². The Bertz CT molecular complexity index is 1560. The number of hydrogen-bond acceptors (Lipinski definition) is 8. The van der Waals surface area contributed by atoms with Gasteiger partial charge >= 0.3 is 11.9 Å². The van der Waals surface area contributed by atoms with E-state index in [1.807, 2.05) is 30.3 Å². The van der Waals surface area contributed by atoms with E-state index >= 15 is 4.39 Å². The summed E-state index contributed by atoms with van der Waals surface area (Å²) in [5.41, 5.74) is -0.371. The number of aromatic nitrogens is 5. The number of alkyl halides is 3. The smallest absolute Gasteiger partial charge is 0.425 e. The van der Waals surface area contributed by atoms with Gasteiger partial charge in [0.2, 0.25) is 5.88 Å². The molecule has 3 aromatic heterocycles. The number of hydrogen-bond donors (Lipinski definition) is 1. The number of rotatable bonds is 10.